The first kappa shape index (κ1) is 19.8. The maximum absolute atomic E-state index is 13.1. The van der Waals surface area contributed by atoms with Crippen LogP contribution < -0.4 is 10.1 Å². The molecule has 2 aromatic rings. The molecule has 1 fully saturated rings. The van der Waals surface area contributed by atoms with Crippen molar-refractivity contribution in [2.24, 2.45) is 0 Å². The van der Waals surface area contributed by atoms with Crippen LogP contribution in [0.5, 0.6) is 5.75 Å². The number of benzene rings is 2. The van der Waals surface area contributed by atoms with E-state index in [0.717, 1.165) is 12.1 Å². The summed E-state index contributed by atoms with van der Waals surface area (Å²) in [5.74, 6) is 0.0365. The predicted octanol–water partition coefficient (Wildman–Crippen LogP) is 1.75. The third-order valence-corrected chi connectivity index (χ3v) is 5.12. The lowest BCUT2D eigenvalue weighted by atomic mass is 10.2. The van der Waals surface area contributed by atoms with Gasteiger partial charge >= 0.3 is 10.2 Å². The number of rotatable bonds is 7. The Bertz CT molecular complexity index is 965. The van der Waals surface area contributed by atoms with Crippen molar-refractivity contribution in [3.8, 4) is 5.75 Å². The first-order valence-electron chi connectivity index (χ1n) is 8.64. The first-order chi connectivity index (χ1) is 13.3. The molecule has 1 N–H and O–H groups in total. The predicted molar refractivity (Wildman–Crippen MR) is 99.1 cm³/mol. The summed E-state index contributed by atoms with van der Waals surface area (Å²) in [4.78, 5) is 25.4. The first-order valence-corrected chi connectivity index (χ1v) is 10.0. The minimum Gasteiger partial charge on any atom is -0.492 e. The van der Waals surface area contributed by atoms with E-state index < -0.39 is 27.1 Å². The van der Waals surface area contributed by atoms with E-state index in [-0.39, 0.29) is 17.9 Å². The molecular weight excluding hydrogens is 387 g/mol. The third kappa shape index (κ3) is 5.07. The molecule has 0 saturated carbocycles. The molecule has 0 aromatic heterocycles. The third-order valence-electron chi connectivity index (χ3n) is 4.30. The number of halogens is 1. The van der Waals surface area contributed by atoms with E-state index in [9.17, 15) is 21.9 Å². The van der Waals surface area contributed by atoms with Crippen molar-refractivity contribution in [1.29, 1.82) is 0 Å². The van der Waals surface area contributed by atoms with Gasteiger partial charge in [0.05, 0.1) is 17.5 Å². The van der Waals surface area contributed by atoms with Crippen molar-refractivity contribution in [2.75, 3.05) is 19.7 Å². The largest absolute Gasteiger partial charge is 0.492 e. The average Bonchev–Trinajstić information content (AvgIpc) is 3.01. The Kier molecular flexibility index (Phi) is 5.93. The Hall–Kier alpha value is -2.94. The van der Waals surface area contributed by atoms with E-state index >= 15 is 0 Å². The Morgan fingerprint density at radius 2 is 1.93 bits per heavy atom. The van der Waals surface area contributed by atoms with Gasteiger partial charge < -0.3 is 15.0 Å². The van der Waals surface area contributed by atoms with Crippen molar-refractivity contribution in [2.45, 2.75) is 17.4 Å². The Morgan fingerprint density at radius 1 is 1.18 bits per heavy atom. The van der Waals surface area contributed by atoms with E-state index in [1.807, 2.05) is 30.3 Å². The lowest BCUT2D eigenvalue weighted by molar-refractivity contribution is -0.128. The number of nitrogens with zero attached hydrogens (tertiary/aromatic N) is 1. The molecule has 1 unspecified atom stereocenters. The average molecular weight is 406 g/mol. The number of nitrogens with one attached hydrogen (secondary N) is 1. The molecule has 148 valence electrons. The van der Waals surface area contributed by atoms with E-state index in [0.29, 0.717) is 25.4 Å². The molecule has 1 aliphatic rings. The van der Waals surface area contributed by atoms with Gasteiger partial charge in [0.25, 0.3) is 5.91 Å². The van der Waals surface area contributed by atoms with Gasteiger partial charge in [0.15, 0.2) is 0 Å². The van der Waals surface area contributed by atoms with Crippen LogP contribution in [0.15, 0.2) is 59.5 Å². The summed E-state index contributed by atoms with van der Waals surface area (Å²) in [5, 5.41) is 2.68. The van der Waals surface area contributed by atoms with Gasteiger partial charge in [0.2, 0.25) is 5.91 Å². The van der Waals surface area contributed by atoms with Gasteiger partial charge in [-0.1, -0.05) is 24.3 Å². The summed E-state index contributed by atoms with van der Waals surface area (Å²) in [6.45, 7) is 1.03. The summed E-state index contributed by atoms with van der Waals surface area (Å²) >= 11 is 0. The van der Waals surface area contributed by atoms with E-state index in [1.54, 1.807) is 4.90 Å². The van der Waals surface area contributed by atoms with Crippen molar-refractivity contribution in [3.05, 3.63) is 60.2 Å². The molecule has 0 bridgehead atoms. The molecule has 0 radical (unpaired) electrons. The van der Waals surface area contributed by atoms with Crippen LogP contribution in [-0.4, -0.2) is 50.9 Å². The molecule has 1 aliphatic heterocycles. The molecule has 3 rings (SSSR count). The van der Waals surface area contributed by atoms with Gasteiger partial charge in [-0.3, -0.25) is 9.59 Å². The van der Waals surface area contributed by atoms with E-state index in [4.69, 9.17) is 4.74 Å². The second-order valence-corrected chi connectivity index (χ2v) is 7.69. The molecule has 0 aliphatic carbocycles. The second kappa shape index (κ2) is 8.39. The zero-order valence-corrected chi connectivity index (χ0v) is 15.7. The molecule has 1 atom stereocenters. The van der Waals surface area contributed by atoms with Crippen LogP contribution in [0.1, 0.15) is 16.8 Å². The monoisotopic (exact) mass is 406 g/mol. The molecule has 2 aromatic carbocycles. The van der Waals surface area contributed by atoms with Crippen LogP contribution in [-0.2, 0) is 15.0 Å². The standard InChI is InChI=1S/C19H19FN2O5S/c20-28(25,26)17-8-4-5-14(11-17)19(24)21-15-12-18(23)22(13-15)9-10-27-16-6-2-1-3-7-16/h1-8,11,15H,9-10,12-13H2,(H,21,24). The lowest BCUT2D eigenvalue weighted by Gasteiger charge is -2.17. The quantitative estimate of drug-likeness (QED) is 0.708. The maximum Gasteiger partial charge on any atom is 0.332 e. The minimum atomic E-state index is -4.89. The Morgan fingerprint density at radius 3 is 2.64 bits per heavy atom. The molecule has 9 heteroatoms. The summed E-state index contributed by atoms with van der Waals surface area (Å²) in [5.41, 5.74) is 0.0111. The molecule has 0 spiro atoms. The summed E-state index contributed by atoms with van der Waals surface area (Å²) in [6, 6.07) is 13.5. The summed E-state index contributed by atoms with van der Waals surface area (Å²) in [7, 11) is -4.89. The zero-order chi connectivity index (χ0) is 20.1. The topological polar surface area (TPSA) is 92.8 Å². The number of carbonyl (C=O) groups excluding carboxylic acids is 2. The number of ether oxygens (including phenoxy) is 1. The number of likely N-dealkylation sites (tertiary alicyclic amines) is 1. The lowest BCUT2D eigenvalue weighted by Crippen LogP contribution is -2.38. The fourth-order valence-corrected chi connectivity index (χ4v) is 3.44. The maximum atomic E-state index is 13.1. The summed E-state index contributed by atoms with van der Waals surface area (Å²) in [6.07, 6.45) is 0.137. The molecule has 1 heterocycles. The SMILES string of the molecule is O=C(NC1CC(=O)N(CCOc2ccccc2)C1)c1cccc(S(=O)(=O)F)c1. The van der Waals surface area contributed by atoms with Crippen LogP contribution in [0, 0.1) is 0 Å². The smallest absolute Gasteiger partial charge is 0.332 e. The highest BCUT2D eigenvalue weighted by atomic mass is 32.3. The van der Waals surface area contributed by atoms with Crippen molar-refractivity contribution in [1.82, 2.24) is 10.2 Å². The molecule has 1 saturated heterocycles. The van der Waals surface area contributed by atoms with Gasteiger partial charge in [-0.25, -0.2) is 0 Å². The van der Waals surface area contributed by atoms with Gasteiger partial charge in [0, 0.05) is 18.5 Å². The highest BCUT2D eigenvalue weighted by Gasteiger charge is 2.30. The normalized spacial score (nSPS) is 16.8. The Balaban J connectivity index is 1.53. The van der Waals surface area contributed by atoms with Crippen molar-refractivity contribution in [3.63, 3.8) is 0 Å². The van der Waals surface area contributed by atoms with Crippen molar-refractivity contribution >= 4 is 22.0 Å². The van der Waals surface area contributed by atoms with Crippen LogP contribution in [0.2, 0.25) is 0 Å². The van der Waals surface area contributed by atoms with Crippen LogP contribution in [0.25, 0.3) is 0 Å². The van der Waals surface area contributed by atoms with E-state index in [2.05, 4.69) is 5.32 Å². The number of amides is 2. The van der Waals surface area contributed by atoms with Gasteiger partial charge in [-0.2, -0.15) is 8.42 Å². The fourth-order valence-electron chi connectivity index (χ4n) is 2.93. The van der Waals surface area contributed by atoms with Gasteiger partial charge in [-0.15, -0.1) is 3.89 Å². The van der Waals surface area contributed by atoms with Gasteiger partial charge in [0.1, 0.15) is 12.4 Å². The number of carbonyl (C=O) groups is 2. The highest BCUT2D eigenvalue weighted by Crippen LogP contribution is 2.16. The Labute approximate surface area is 162 Å². The van der Waals surface area contributed by atoms with Crippen LogP contribution in [0.3, 0.4) is 0 Å². The minimum absolute atomic E-state index is 0.0111. The number of para-hydroxylation sites is 1. The summed E-state index contributed by atoms with van der Waals surface area (Å²) < 4.78 is 40.6. The zero-order valence-electron chi connectivity index (χ0n) is 14.9. The molecule has 2 amide bonds. The van der Waals surface area contributed by atoms with Crippen molar-refractivity contribution < 1.29 is 26.6 Å². The molecular formula is C19H19FN2O5S. The van der Waals surface area contributed by atoms with Crippen LogP contribution in [0.4, 0.5) is 3.89 Å². The molecule has 7 nitrogen and oxygen atoms in total. The van der Waals surface area contributed by atoms with E-state index in [1.165, 1.54) is 12.1 Å². The van der Waals surface area contributed by atoms with Gasteiger partial charge in [-0.05, 0) is 30.3 Å². The molecule has 28 heavy (non-hydrogen) atoms. The van der Waals surface area contributed by atoms with Crippen LogP contribution >= 0.6 is 0 Å². The number of hydrogen-bond acceptors (Lipinski definition) is 5. The highest BCUT2D eigenvalue weighted by molar-refractivity contribution is 7.86. The fraction of sp³-hybridized carbons (Fsp3) is 0.263. The number of hydrogen-bond donors (Lipinski definition) is 1. The second-order valence-electron chi connectivity index (χ2n) is 6.34.